The van der Waals surface area contributed by atoms with Crippen LogP contribution in [-0.4, -0.2) is 68.1 Å². The average Bonchev–Trinajstić information content (AvgIpc) is 3.41. The number of nitrogens with zero attached hydrogens (tertiary/aromatic N) is 4. The van der Waals surface area contributed by atoms with Gasteiger partial charge in [-0.1, -0.05) is 42.8 Å². The molecular formula is C25H33N5O5. The molecule has 2 amide bonds. The average molecular weight is 484 g/mol. The molecule has 1 saturated heterocycles. The summed E-state index contributed by atoms with van der Waals surface area (Å²) in [4.78, 5) is 41.7. The monoisotopic (exact) mass is 483 g/mol. The highest BCUT2D eigenvalue weighted by atomic mass is 16.5. The number of allylic oxidation sites excluding steroid dienone is 1. The molecule has 0 unspecified atom stereocenters. The number of hydrogen-bond acceptors (Lipinski definition) is 7. The maximum Gasteiger partial charge on any atom is 0.310 e. The van der Waals surface area contributed by atoms with Gasteiger partial charge in [0.2, 0.25) is 11.8 Å². The highest BCUT2D eigenvalue weighted by Crippen LogP contribution is 2.46. The summed E-state index contributed by atoms with van der Waals surface area (Å²) in [5.41, 5.74) is 1.49. The van der Waals surface area contributed by atoms with E-state index in [-0.39, 0.29) is 37.6 Å². The van der Waals surface area contributed by atoms with Crippen LogP contribution in [0.15, 0.2) is 36.4 Å². The number of aliphatic hydroxyl groups is 1. The number of carbonyl (C=O) groups excluding carboxylic acids is 3. The predicted octanol–water partition coefficient (Wildman–Crippen LogP) is 1.49. The summed E-state index contributed by atoms with van der Waals surface area (Å²) in [5.74, 6) is -3.11. The lowest BCUT2D eigenvalue weighted by molar-refractivity contribution is -0.156. The lowest BCUT2D eigenvalue weighted by atomic mass is 9.69. The van der Waals surface area contributed by atoms with Crippen LogP contribution in [0, 0.1) is 23.7 Å². The molecule has 188 valence electrons. The van der Waals surface area contributed by atoms with E-state index >= 15 is 0 Å². The zero-order valence-electron chi connectivity index (χ0n) is 20.3. The van der Waals surface area contributed by atoms with Gasteiger partial charge in [-0.15, -0.1) is 5.10 Å². The zero-order valence-corrected chi connectivity index (χ0v) is 20.3. The molecule has 0 saturated carbocycles. The molecule has 0 radical (unpaired) electrons. The summed E-state index contributed by atoms with van der Waals surface area (Å²) in [5, 5.41) is 21.0. The molecule has 2 N–H and O–H groups in total. The number of ether oxygens (including phenoxy) is 1. The van der Waals surface area contributed by atoms with Gasteiger partial charge in [-0.3, -0.25) is 14.4 Å². The largest absolute Gasteiger partial charge is 0.466 e. The topological polar surface area (TPSA) is 127 Å². The first-order valence-corrected chi connectivity index (χ1v) is 12.3. The van der Waals surface area contributed by atoms with E-state index < -0.39 is 35.8 Å². The fraction of sp³-hybridized carbons (Fsp3) is 0.560. The molecule has 2 aromatic rings. The number of esters is 1. The van der Waals surface area contributed by atoms with E-state index in [1.165, 1.54) is 4.90 Å². The van der Waals surface area contributed by atoms with Crippen molar-refractivity contribution in [3.8, 4) is 0 Å². The Morgan fingerprint density at radius 3 is 2.71 bits per heavy atom. The van der Waals surface area contributed by atoms with Crippen LogP contribution >= 0.6 is 0 Å². The SMILES string of the molecule is CCC[C@@H]1C=C[C@H]2[C@@H](C(=O)N([C@H](C)CO)[C@@H]2C(=O)NCn2nnc3ccccc32)[C@@H]1C(=O)OCC. The van der Waals surface area contributed by atoms with Gasteiger partial charge in [0.25, 0.3) is 0 Å². The number of para-hydroxylation sites is 1. The number of aliphatic hydroxyl groups excluding tert-OH is 1. The molecule has 10 heteroatoms. The molecule has 35 heavy (non-hydrogen) atoms. The second-order valence-corrected chi connectivity index (χ2v) is 9.22. The molecule has 6 atom stereocenters. The number of benzene rings is 1. The fourth-order valence-corrected chi connectivity index (χ4v) is 5.47. The highest BCUT2D eigenvalue weighted by Gasteiger charge is 2.58. The van der Waals surface area contributed by atoms with Crippen molar-refractivity contribution in [2.45, 2.75) is 52.4 Å². The maximum absolute atomic E-state index is 13.7. The van der Waals surface area contributed by atoms with Crippen molar-refractivity contribution in [1.29, 1.82) is 0 Å². The summed E-state index contributed by atoms with van der Waals surface area (Å²) >= 11 is 0. The van der Waals surface area contributed by atoms with E-state index in [1.807, 2.05) is 43.3 Å². The van der Waals surface area contributed by atoms with E-state index in [0.29, 0.717) is 5.52 Å². The first kappa shape index (κ1) is 24.8. The Kier molecular flexibility index (Phi) is 7.49. The number of fused-ring (bicyclic) bond motifs is 2. The Hall–Kier alpha value is -3.27. The Balaban J connectivity index is 1.64. The molecular weight excluding hydrogens is 450 g/mol. The van der Waals surface area contributed by atoms with Crippen LogP contribution in [0.3, 0.4) is 0 Å². The third-order valence-electron chi connectivity index (χ3n) is 7.06. The van der Waals surface area contributed by atoms with Gasteiger partial charge in [0.05, 0.1) is 36.6 Å². The number of carbonyl (C=O) groups is 3. The molecule has 0 bridgehead atoms. The summed E-state index contributed by atoms with van der Waals surface area (Å²) in [7, 11) is 0. The molecule has 1 fully saturated rings. The van der Waals surface area contributed by atoms with Crippen LogP contribution in [0.25, 0.3) is 11.0 Å². The second kappa shape index (κ2) is 10.6. The van der Waals surface area contributed by atoms with Crippen LogP contribution < -0.4 is 5.32 Å². The van der Waals surface area contributed by atoms with E-state index in [4.69, 9.17) is 4.74 Å². The fourth-order valence-electron chi connectivity index (χ4n) is 5.47. The second-order valence-electron chi connectivity index (χ2n) is 9.22. The summed E-state index contributed by atoms with van der Waals surface area (Å²) in [6.07, 6.45) is 5.45. The van der Waals surface area contributed by atoms with Gasteiger partial charge in [-0.05, 0) is 38.3 Å². The number of hydrogen-bond donors (Lipinski definition) is 2. The van der Waals surface area contributed by atoms with Crippen LogP contribution in [-0.2, 0) is 25.8 Å². The Labute approximate surface area is 204 Å². The van der Waals surface area contributed by atoms with Gasteiger partial charge < -0.3 is 20.1 Å². The van der Waals surface area contributed by atoms with Gasteiger partial charge >= 0.3 is 5.97 Å². The Morgan fingerprint density at radius 2 is 2.00 bits per heavy atom. The van der Waals surface area contributed by atoms with E-state index in [1.54, 1.807) is 18.5 Å². The van der Waals surface area contributed by atoms with Gasteiger partial charge in [-0.2, -0.15) is 0 Å². The van der Waals surface area contributed by atoms with Crippen molar-refractivity contribution in [2.24, 2.45) is 23.7 Å². The van der Waals surface area contributed by atoms with E-state index in [0.717, 1.165) is 18.4 Å². The molecule has 2 aliphatic rings. The molecule has 1 aliphatic heterocycles. The zero-order chi connectivity index (χ0) is 25.1. The predicted molar refractivity (Wildman–Crippen MR) is 127 cm³/mol. The molecule has 10 nitrogen and oxygen atoms in total. The Bertz CT molecular complexity index is 1110. The number of amides is 2. The molecule has 4 rings (SSSR count). The number of rotatable bonds is 9. The molecule has 2 heterocycles. The quantitative estimate of drug-likeness (QED) is 0.409. The first-order valence-electron chi connectivity index (χ1n) is 12.3. The lowest BCUT2D eigenvalue weighted by Crippen LogP contribution is -2.51. The van der Waals surface area contributed by atoms with Crippen molar-refractivity contribution in [3.05, 3.63) is 36.4 Å². The summed E-state index contributed by atoms with van der Waals surface area (Å²) in [6, 6.07) is 5.97. The van der Waals surface area contributed by atoms with Gasteiger partial charge in [-0.25, -0.2) is 4.68 Å². The normalized spacial score (nSPS) is 26.6. The van der Waals surface area contributed by atoms with Crippen molar-refractivity contribution in [3.63, 3.8) is 0 Å². The molecule has 1 aliphatic carbocycles. The van der Waals surface area contributed by atoms with Crippen molar-refractivity contribution in [2.75, 3.05) is 13.2 Å². The van der Waals surface area contributed by atoms with Crippen LogP contribution in [0.2, 0.25) is 0 Å². The third kappa shape index (κ3) is 4.54. The van der Waals surface area contributed by atoms with Crippen molar-refractivity contribution >= 4 is 28.8 Å². The minimum Gasteiger partial charge on any atom is -0.466 e. The number of likely N-dealkylation sites (tertiary alicyclic amines) is 1. The lowest BCUT2D eigenvalue weighted by Gasteiger charge is -2.34. The number of aromatic nitrogens is 3. The Morgan fingerprint density at radius 1 is 1.23 bits per heavy atom. The van der Waals surface area contributed by atoms with Crippen molar-refractivity contribution < 1.29 is 24.2 Å². The van der Waals surface area contributed by atoms with Crippen LogP contribution in [0.1, 0.15) is 33.6 Å². The van der Waals surface area contributed by atoms with E-state index in [2.05, 4.69) is 15.6 Å². The van der Waals surface area contributed by atoms with Crippen LogP contribution in [0.5, 0.6) is 0 Å². The molecule has 1 aromatic heterocycles. The van der Waals surface area contributed by atoms with Gasteiger partial charge in [0.1, 0.15) is 18.2 Å². The smallest absolute Gasteiger partial charge is 0.310 e. The van der Waals surface area contributed by atoms with Gasteiger partial charge in [0, 0.05) is 5.92 Å². The maximum atomic E-state index is 13.7. The number of nitrogens with one attached hydrogen (secondary N) is 1. The van der Waals surface area contributed by atoms with Crippen molar-refractivity contribution in [1.82, 2.24) is 25.2 Å². The summed E-state index contributed by atoms with van der Waals surface area (Å²) in [6.45, 7) is 5.47. The minimum absolute atomic E-state index is 0.0756. The highest BCUT2D eigenvalue weighted by molar-refractivity contribution is 5.96. The van der Waals surface area contributed by atoms with Gasteiger partial charge in [0.15, 0.2) is 0 Å². The first-order chi connectivity index (χ1) is 16.9. The third-order valence-corrected chi connectivity index (χ3v) is 7.06. The van der Waals surface area contributed by atoms with Crippen LogP contribution in [0.4, 0.5) is 0 Å². The molecule has 1 aromatic carbocycles. The van der Waals surface area contributed by atoms with E-state index in [9.17, 15) is 19.5 Å². The molecule has 0 spiro atoms. The minimum atomic E-state index is -0.861. The standard InChI is InChI=1S/C25H33N5O5/c1-4-8-16-11-12-17-21(20(16)25(34)35-5-2)24(33)30(15(3)13-31)22(17)23(32)26-14-29-19-10-7-6-9-18(19)27-28-29/h6-7,9-12,15-17,20-22,31H,4-5,8,13-14H2,1-3H3,(H,26,32)/t15-,16-,17+,20-,21-,22+/m1/s1. The summed E-state index contributed by atoms with van der Waals surface area (Å²) < 4.78 is 6.94.